The Bertz CT molecular complexity index is 625. The number of amides is 1. The van der Waals surface area contributed by atoms with Crippen molar-refractivity contribution < 1.29 is 13.6 Å². The van der Waals surface area contributed by atoms with Crippen LogP contribution >= 0.6 is 24.2 Å². The maximum Gasteiger partial charge on any atom is 0.255 e. The molecule has 0 aliphatic rings. The average Bonchev–Trinajstić information content (AvgIpc) is 2.33. The molecule has 2 nitrogen and oxygen atoms in total. The van der Waals surface area contributed by atoms with Crippen molar-refractivity contribution in [2.75, 3.05) is 5.32 Å². The van der Waals surface area contributed by atoms with E-state index in [-0.39, 0.29) is 10.7 Å². The van der Waals surface area contributed by atoms with Crippen molar-refractivity contribution in [1.82, 2.24) is 0 Å². The van der Waals surface area contributed by atoms with Gasteiger partial charge in [0.05, 0.1) is 10.7 Å². The van der Waals surface area contributed by atoms with Crippen molar-refractivity contribution in [3.8, 4) is 0 Å². The fourth-order valence-electron chi connectivity index (χ4n) is 1.49. The molecule has 0 atom stereocenters. The van der Waals surface area contributed by atoms with E-state index in [1.807, 2.05) is 0 Å². The second-order valence-electron chi connectivity index (χ2n) is 3.75. The van der Waals surface area contributed by atoms with E-state index >= 15 is 0 Å². The van der Waals surface area contributed by atoms with E-state index in [0.29, 0.717) is 16.5 Å². The average molecular weight is 300 g/mol. The third-order valence-corrected chi connectivity index (χ3v) is 2.93. The first-order valence-electron chi connectivity index (χ1n) is 5.22. The molecule has 1 N–H and O–H groups in total. The van der Waals surface area contributed by atoms with Gasteiger partial charge in [-0.25, -0.2) is 8.78 Å². The highest BCUT2D eigenvalue weighted by Crippen LogP contribution is 2.27. The van der Waals surface area contributed by atoms with Gasteiger partial charge in [0.1, 0.15) is 5.82 Å². The van der Waals surface area contributed by atoms with Gasteiger partial charge in [0.2, 0.25) is 0 Å². The zero-order valence-electron chi connectivity index (χ0n) is 9.45. The Labute approximate surface area is 118 Å². The van der Waals surface area contributed by atoms with Crippen LogP contribution in [0.2, 0.25) is 5.02 Å². The summed E-state index contributed by atoms with van der Waals surface area (Å²) in [6.07, 6.45) is 0. The molecule has 6 heteroatoms. The first-order chi connectivity index (χ1) is 8.97. The molecule has 0 heterocycles. The number of anilines is 1. The van der Waals surface area contributed by atoms with Crippen molar-refractivity contribution in [2.24, 2.45) is 0 Å². The summed E-state index contributed by atoms with van der Waals surface area (Å²) in [4.78, 5) is 12.5. The molecule has 0 aromatic heterocycles. The minimum atomic E-state index is -0.930. The topological polar surface area (TPSA) is 29.1 Å². The van der Waals surface area contributed by atoms with Crippen LogP contribution in [0.15, 0.2) is 41.3 Å². The maximum absolute atomic E-state index is 13.5. The predicted molar refractivity (Wildman–Crippen MR) is 73.0 cm³/mol. The molecular formula is C13H8ClF2NOS. The van der Waals surface area contributed by atoms with Gasteiger partial charge < -0.3 is 5.32 Å². The summed E-state index contributed by atoms with van der Waals surface area (Å²) in [5.41, 5.74) is 0.0462. The number of hydrogen-bond acceptors (Lipinski definition) is 2. The number of rotatable bonds is 2. The van der Waals surface area contributed by atoms with Gasteiger partial charge in [0.15, 0.2) is 5.82 Å². The second-order valence-corrected chi connectivity index (χ2v) is 4.67. The molecule has 1 amide bonds. The normalized spacial score (nSPS) is 10.3. The highest BCUT2D eigenvalue weighted by Gasteiger charge is 2.14. The number of carbonyl (C=O) groups is 1. The lowest BCUT2D eigenvalue weighted by atomic mass is 10.2. The van der Waals surface area contributed by atoms with Crippen LogP contribution in [0, 0.1) is 11.6 Å². The lowest BCUT2D eigenvalue weighted by Crippen LogP contribution is -2.13. The van der Waals surface area contributed by atoms with Crippen molar-refractivity contribution in [1.29, 1.82) is 0 Å². The van der Waals surface area contributed by atoms with Crippen molar-refractivity contribution in [3.63, 3.8) is 0 Å². The van der Waals surface area contributed by atoms with Gasteiger partial charge in [-0.1, -0.05) is 17.7 Å². The smallest absolute Gasteiger partial charge is 0.255 e. The van der Waals surface area contributed by atoms with Crippen molar-refractivity contribution in [2.45, 2.75) is 4.90 Å². The second kappa shape index (κ2) is 5.59. The van der Waals surface area contributed by atoms with Gasteiger partial charge in [-0.3, -0.25) is 4.79 Å². The van der Waals surface area contributed by atoms with Gasteiger partial charge in [0.25, 0.3) is 5.91 Å². The molecule has 98 valence electrons. The van der Waals surface area contributed by atoms with Crippen LogP contribution in [0.4, 0.5) is 14.5 Å². The SMILES string of the molecule is O=C(Nc1c(F)cc(F)cc1Cl)c1cccc(S)c1. The van der Waals surface area contributed by atoms with Gasteiger partial charge in [0, 0.05) is 16.5 Å². The fraction of sp³-hybridized carbons (Fsp3) is 0. The molecule has 19 heavy (non-hydrogen) atoms. The lowest BCUT2D eigenvalue weighted by molar-refractivity contribution is 0.102. The Morgan fingerprint density at radius 3 is 2.58 bits per heavy atom. The Balaban J connectivity index is 2.29. The van der Waals surface area contributed by atoms with E-state index in [4.69, 9.17) is 11.6 Å². The van der Waals surface area contributed by atoms with Crippen LogP contribution in [0.3, 0.4) is 0 Å². The molecular weight excluding hydrogens is 292 g/mol. The van der Waals surface area contributed by atoms with E-state index in [1.54, 1.807) is 18.2 Å². The lowest BCUT2D eigenvalue weighted by Gasteiger charge is -2.09. The van der Waals surface area contributed by atoms with Gasteiger partial charge in [-0.15, -0.1) is 12.6 Å². The molecule has 0 saturated heterocycles. The van der Waals surface area contributed by atoms with Crippen molar-refractivity contribution in [3.05, 3.63) is 58.6 Å². The largest absolute Gasteiger partial charge is 0.318 e. The molecule has 0 saturated carbocycles. The summed E-state index contributed by atoms with van der Waals surface area (Å²) >= 11 is 9.79. The molecule has 0 aliphatic heterocycles. The van der Waals surface area contributed by atoms with Crippen LogP contribution in [0.25, 0.3) is 0 Å². The van der Waals surface area contributed by atoms with Gasteiger partial charge in [-0.2, -0.15) is 0 Å². The summed E-state index contributed by atoms with van der Waals surface area (Å²) in [6, 6.07) is 7.98. The molecule has 0 unspecified atom stereocenters. The van der Waals surface area contributed by atoms with Crippen LogP contribution < -0.4 is 5.32 Å². The van der Waals surface area contributed by atoms with Crippen LogP contribution in [-0.4, -0.2) is 5.91 Å². The van der Waals surface area contributed by atoms with E-state index in [2.05, 4.69) is 17.9 Å². The van der Waals surface area contributed by atoms with Gasteiger partial charge >= 0.3 is 0 Å². The molecule has 0 bridgehead atoms. The Morgan fingerprint density at radius 2 is 1.95 bits per heavy atom. The zero-order valence-corrected chi connectivity index (χ0v) is 11.1. The number of thiol groups is 1. The minimum absolute atomic E-state index is 0.201. The highest BCUT2D eigenvalue weighted by atomic mass is 35.5. The predicted octanol–water partition coefficient (Wildman–Crippen LogP) is 4.16. The monoisotopic (exact) mass is 299 g/mol. The molecule has 2 aromatic rings. The molecule has 0 spiro atoms. The number of nitrogens with one attached hydrogen (secondary N) is 1. The Morgan fingerprint density at radius 1 is 1.21 bits per heavy atom. The van der Waals surface area contributed by atoms with E-state index in [0.717, 1.165) is 6.07 Å². The third kappa shape index (κ3) is 3.24. The number of carbonyl (C=O) groups excluding carboxylic acids is 1. The molecule has 0 fully saturated rings. The molecule has 0 radical (unpaired) electrons. The van der Waals surface area contributed by atoms with E-state index < -0.39 is 17.5 Å². The standard InChI is InChI=1S/C13H8ClF2NOS/c14-10-5-8(15)6-11(16)12(10)17-13(18)7-2-1-3-9(19)4-7/h1-6,19H,(H,17,18). The Kier molecular flexibility index (Phi) is 4.07. The Hall–Kier alpha value is -1.59. The summed E-state index contributed by atoms with van der Waals surface area (Å²) in [5.74, 6) is -2.29. The zero-order chi connectivity index (χ0) is 14.0. The van der Waals surface area contributed by atoms with E-state index in [9.17, 15) is 13.6 Å². The quantitative estimate of drug-likeness (QED) is 0.801. The van der Waals surface area contributed by atoms with Crippen LogP contribution in [0.1, 0.15) is 10.4 Å². The summed E-state index contributed by atoms with van der Waals surface area (Å²) in [6.45, 7) is 0. The maximum atomic E-state index is 13.5. The first kappa shape index (κ1) is 13.8. The first-order valence-corrected chi connectivity index (χ1v) is 6.05. The number of hydrogen-bond donors (Lipinski definition) is 2. The van der Waals surface area contributed by atoms with E-state index in [1.165, 1.54) is 6.07 Å². The summed E-state index contributed by atoms with van der Waals surface area (Å²) in [7, 11) is 0. The summed E-state index contributed by atoms with van der Waals surface area (Å²) in [5, 5.41) is 2.10. The van der Waals surface area contributed by atoms with Crippen molar-refractivity contribution >= 4 is 35.8 Å². The third-order valence-electron chi connectivity index (χ3n) is 2.35. The van der Waals surface area contributed by atoms with Crippen LogP contribution in [0.5, 0.6) is 0 Å². The highest BCUT2D eigenvalue weighted by molar-refractivity contribution is 7.80. The van der Waals surface area contributed by atoms with Gasteiger partial charge in [-0.05, 0) is 24.3 Å². The number of benzene rings is 2. The fourth-order valence-corrected chi connectivity index (χ4v) is 1.96. The molecule has 0 aliphatic carbocycles. The molecule has 2 aromatic carbocycles. The molecule has 2 rings (SSSR count). The summed E-state index contributed by atoms with van der Waals surface area (Å²) < 4.78 is 26.4. The van der Waals surface area contributed by atoms with Crippen LogP contribution in [-0.2, 0) is 0 Å². The number of halogens is 3. The minimum Gasteiger partial charge on any atom is -0.318 e.